The predicted molar refractivity (Wildman–Crippen MR) is 326 cm³/mol. The fourth-order valence-electron chi connectivity index (χ4n) is 9.91. The van der Waals surface area contributed by atoms with E-state index in [0.29, 0.717) is 70.1 Å². The lowest BCUT2D eigenvalue weighted by atomic mass is 9.90. The van der Waals surface area contributed by atoms with Crippen molar-refractivity contribution in [1.29, 1.82) is 10.9 Å². The van der Waals surface area contributed by atoms with Crippen LogP contribution in [0.5, 0.6) is 5.75 Å². The lowest BCUT2D eigenvalue weighted by Gasteiger charge is -2.29. The van der Waals surface area contributed by atoms with Gasteiger partial charge in [0.1, 0.15) is 83.3 Å². The molecule has 0 radical (unpaired) electrons. The van der Waals surface area contributed by atoms with E-state index in [1.54, 1.807) is 89.8 Å². The molecule has 2 aliphatic rings. The highest BCUT2D eigenvalue weighted by atomic mass is 32.1. The molecule has 7 atom stereocenters. The molecular formula is C56H50N16O9S6. The van der Waals surface area contributed by atoms with Crippen molar-refractivity contribution in [3.63, 3.8) is 0 Å². The zero-order chi connectivity index (χ0) is 61.2. The fraction of sp³-hybridized carbons (Fsp3) is 0.250. The van der Waals surface area contributed by atoms with Crippen LogP contribution in [-0.4, -0.2) is 116 Å². The van der Waals surface area contributed by atoms with Crippen LogP contribution in [0.15, 0.2) is 98.9 Å². The smallest absolute Gasteiger partial charge is 0.271 e. The molecule has 11 rings (SSSR count). The van der Waals surface area contributed by atoms with Crippen LogP contribution in [0.4, 0.5) is 0 Å². The van der Waals surface area contributed by atoms with Gasteiger partial charge in [-0.25, -0.2) is 40.3 Å². The van der Waals surface area contributed by atoms with Crippen LogP contribution >= 0.6 is 68.0 Å². The average Bonchev–Trinajstić information content (AvgIpc) is 2.32. The first-order chi connectivity index (χ1) is 41.9. The Morgan fingerprint density at radius 1 is 0.759 bits per heavy atom. The Morgan fingerprint density at radius 3 is 2.15 bits per heavy atom. The second-order valence-corrected chi connectivity index (χ2v) is 25.8. The number of amidine groups is 1. The van der Waals surface area contributed by atoms with Gasteiger partial charge >= 0.3 is 0 Å². The number of carbonyl (C=O) groups is 6. The molecule has 444 valence electrons. The minimum atomic E-state index is -1.32. The van der Waals surface area contributed by atoms with Crippen molar-refractivity contribution >= 4 is 109 Å². The lowest BCUT2D eigenvalue weighted by Crippen LogP contribution is -2.50. The molecule has 1 saturated heterocycles. The van der Waals surface area contributed by atoms with Crippen molar-refractivity contribution in [2.24, 2.45) is 22.6 Å². The Morgan fingerprint density at radius 2 is 1.41 bits per heavy atom. The number of hydrogen-bond donors (Lipinski definition) is 9. The third-order valence-electron chi connectivity index (χ3n) is 14.3. The highest BCUT2D eigenvalue weighted by Crippen LogP contribution is 2.43. The number of aliphatic hydroxyl groups excluding tert-OH is 2. The lowest BCUT2D eigenvalue weighted by molar-refractivity contribution is -0.134. The first-order valence-electron chi connectivity index (χ1n) is 26.5. The maximum absolute atomic E-state index is 15.3. The summed E-state index contributed by atoms with van der Waals surface area (Å²) in [6.07, 6.45) is -3.09. The van der Waals surface area contributed by atoms with Crippen molar-refractivity contribution < 1.29 is 43.7 Å². The van der Waals surface area contributed by atoms with Crippen molar-refractivity contribution in [1.82, 2.24) is 55.8 Å². The van der Waals surface area contributed by atoms with Gasteiger partial charge in [-0.15, -0.1) is 68.0 Å². The number of nitrogens with one attached hydrogen (secondary N) is 5. The SMILES string of the molecule is Cc1sc2nc1C(=O)C[C@@H]([C@H](O)c1ccccc1)c1nc(cs1)C(=O)N[C@@H](Cc1ccc(OCC(=N)NN=N)cc1)C(=O)N1C[C@H](O)[C@H](C)[C@H]1c1nc(cs1)-c1nc(cs1)-c1nc(-c3nc(C(N)=O)cs3)ccc1-c1nc(cs1)C(=O)N[C@H]2CC(N)=O. The van der Waals surface area contributed by atoms with Crippen LogP contribution in [-0.2, 0) is 16.0 Å². The second-order valence-electron chi connectivity index (χ2n) is 20.2. The maximum Gasteiger partial charge on any atom is 0.271 e. The number of carbonyl (C=O) groups excluding carboxylic acids is 6. The number of aliphatic hydroxyl groups is 2. The van der Waals surface area contributed by atoms with Crippen LogP contribution in [0.3, 0.4) is 0 Å². The number of pyridine rings is 1. The summed E-state index contributed by atoms with van der Waals surface area (Å²) in [6, 6.07) is 15.6. The molecule has 2 aliphatic heterocycles. The molecule has 31 heteroatoms. The molecule has 0 saturated carbocycles. The first-order valence-corrected chi connectivity index (χ1v) is 31.7. The molecule has 5 amide bonds. The van der Waals surface area contributed by atoms with Gasteiger partial charge in [0.15, 0.2) is 11.6 Å². The molecular weight excluding hydrogens is 1230 g/mol. The van der Waals surface area contributed by atoms with Gasteiger partial charge in [-0.2, -0.15) is 5.53 Å². The number of hydrogen-bond acceptors (Lipinski definition) is 25. The molecule has 0 aliphatic carbocycles. The molecule has 25 nitrogen and oxygen atoms in total. The molecule has 2 aromatic carbocycles. The van der Waals surface area contributed by atoms with E-state index in [1.165, 1.54) is 49.7 Å². The van der Waals surface area contributed by atoms with Crippen LogP contribution < -0.4 is 32.3 Å². The highest BCUT2D eigenvalue weighted by molar-refractivity contribution is 7.15. The zero-order valence-corrected chi connectivity index (χ0v) is 50.6. The predicted octanol–water partition coefficient (Wildman–Crippen LogP) is 7.46. The minimum absolute atomic E-state index is 0.0150. The molecule has 10 bridgehead atoms. The van der Waals surface area contributed by atoms with Crippen LogP contribution in [0, 0.1) is 23.8 Å². The number of ether oxygens (including phenoxy) is 1. The van der Waals surface area contributed by atoms with E-state index in [4.69, 9.17) is 52.1 Å². The third-order valence-corrected chi connectivity index (χ3v) is 19.9. The van der Waals surface area contributed by atoms with E-state index < -0.39 is 77.5 Å². The number of fused-ring (bicyclic) bond motifs is 16. The van der Waals surface area contributed by atoms with Gasteiger partial charge in [0.25, 0.3) is 17.7 Å². The van der Waals surface area contributed by atoms with E-state index in [2.05, 4.69) is 31.3 Å². The normalized spacial score (nSPS) is 19.3. The summed E-state index contributed by atoms with van der Waals surface area (Å²) in [5.74, 6) is -5.27. The van der Waals surface area contributed by atoms with Gasteiger partial charge in [0.2, 0.25) is 11.8 Å². The maximum atomic E-state index is 15.3. The molecule has 1 fully saturated rings. The zero-order valence-electron chi connectivity index (χ0n) is 45.7. The Kier molecular flexibility index (Phi) is 17.6. The monoisotopic (exact) mass is 1280 g/mol. The number of nitrogens with two attached hydrogens (primary N) is 2. The molecule has 0 unspecified atom stereocenters. The quantitative estimate of drug-likeness (QED) is 0.0248. The van der Waals surface area contributed by atoms with E-state index in [1.807, 2.05) is 6.92 Å². The summed E-state index contributed by atoms with van der Waals surface area (Å²) in [7, 11) is 0. The number of benzene rings is 2. The van der Waals surface area contributed by atoms with Gasteiger partial charge in [-0.3, -0.25) is 34.2 Å². The molecule has 87 heavy (non-hydrogen) atoms. The summed E-state index contributed by atoms with van der Waals surface area (Å²) in [5.41, 5.74) is 23.6. The first kappa shape index (κ1) is 59.9. The molecule has 11 N–H and O–H groups in total. The van der Waals surface area contributed by atoms with Crippen molar-refractivity contribution in [3.8, 4) is 49.1 Å². The Labute approximate surface area is 518 Å². The molecule has 0 spiro atoms. The largest absolute Gasteiger partial charge is 0.486 e. The van der Waals surface area contributed by atoms with Gasteiger partial charge in [0, 0.05) is 68.6 Å². The molecule has 7 aromatic heterocycles. The molecule has 9 aromatic rings. The number of aryl methyl sites for hydroxylation is 1. The Hall–Kier alpha value is -8.82. The van der Waals surface area contributed by atoms with Gasteiger partial charge in [-0.1, -0.05) is 54.6 Å². The van der Waals surface area contributed by atoms with E-state index in [0.717, 1.165) is 34.0 Å². The number of aromatic nitrogens is 7. The van der Waals surface area contributed by atoms with Gasteiger partial charge < -0.3 is 42.0 Å². The minimum Gasteiger partial charge on any atom is -0.486 e. The number of Topliss-reactive ketones (excluding diaryl/α,β-unsaturated/α-hetero) is 1. The Bertz CT molecular complexity index is 4120. The van der Waals surface area contributed by atoms with E-state index in [-0.39, 0.29) is 71.0 Å². The van der Waals surface area contributed by atoms with Crippen LogP contribution in [0.25, 0.3) is 43.4 Å². The molecule has 9 heterocycles. The number of nitrogens with zero attached hydrogens (tertiary/aromatic N) is 9. The summed E-state index contributed by atoms with van der Waals surface area (Å²) < 4.78 is 5.67. The average molecular weight is 1280 g/mol. The highest BCUT2D eigenvalue weighted by Gasteiger charge is 2.45. The third kappa shape index (κ3) is 13.0. The summed E-state index contributed by atoms with van der Waals surface area (Å²) >= 11 is 6.96. The second kappa shape index (κ2) is 25.6. The number of primary amides is 2. The number of amides is 5. The standard InChI is InChI=1S/C56H50N16O9S6/c1-24-40(74)17-72-45(24)55-68-38(23-86-55)53-64-34(19-84-53)44-29(12-13-31(61-44)52-65-35(20-85-52)47(59)77)50-66-36(21-82-50)48(78)62-32(16-42(58)75)54-69-43(25(2)87-54)39(73)15-30(46(76)27-6-4-3-5-7-27)51-67-37(22-83-51)49(79)63-33(56(72)80)14-26-8-10-28(11-9-26)81-18-41(57)70-71-60/h3-13,19-24,30,32-33,40,45-46,74,76H,14-18H2,1-2H3,(H2,58,75)(H2,59,77)(H,62,78)(H,63,79)(H3,57,60,70)/t24-,30-,32-,33-,40-,45-,46+/m0/s1. The Balaban J connectivity index is 1.01. The topological polar surface area (TPSA) is 394 Å². The van der Waals surface area contributed by atoms with E-state index in [9.17, 15) is 34.2 Å². The van der Waals surface area contributed by atoms with Gasteiger partial charge in [0.05, 0.1) is 41.4 Å². The number of thiazole rings is 6. The van der Waals surface area contributed by atoms with Crippen LogP contribution in [0.2, 0.25) is 0 Å². The van der Waals surface area contributed by atoms with Crippen molar-refractivity contribution in [2.45, 2.75) is 69.4 Å². The van der Waals surface area contributed by atoms with Gasteiger partial charge in [-0.05, 0) is 42.3 Å². The number of ketones is 1. The van der Waals surface area contributed by atoms with E-state index >= 15 is 4.79 Å². The summed E-state index contributed by atoms with van der Waals surface area (Å²) in [4.78, 5) is 119. The fourth-order valence-corrected chi connectivity index (χ4v) is 15.3. The van der Waals surface area contributed by atoms with Crippen molar-refractivity contribution in [2.75, 3.05) is 13.2 Å². The number of rotatable bonds is 12. The summed E-state index contributed by atoms with van der Waals surface area (Å²) in [5, 5.41) is 50.5. The van der Waals surface area contributed by atoms with Crippen molar-refractivity contribution in [3.05, 3.63) is 147 Å². The van der Waals surface area contributed by atoms with Crippen LogP contribution in [0.1, 0.15) is 117 Å². The summed E-state index contributed by atoms with van der Waals surface area (Å²) in [6.45, 7) is 3.17.